The van der Waals surface area contributed by atoms with Gasteiger partial charge in [-0.3, -0.25) is 0 Å². The van der Waals surface area contributed by atoms with Crippen LogP contribution in [0.15, 0.2) is 49.0 Å². The zero-order valence-corrected chi connectivity index (χ0v) is 10.6. The normalized spacial score (nSPS) is 22.5. The summed E-state index contributed by atoms with van der Waals surface area (Å²) in [5.74, 6) is 2.35. The van der Waals surface area contributed by atoms with Gasteiger partial charge >= 0.3 is 0 Å². The van der Waals surface area contributed by atoms with Crippen LogP contribution in [0.5, 0.6) is 11.5 Å². The van der Waals surface area contributed by atoms with E-state index in [1.807, 2.05) is 24.3 Å². The van der Waals surface area contributed by atoms with Crippen molar-refractivity contribution < 1.29 is 4.74 Å². The van der Waals surface area contributed by atoms with Crippen molar-refractivity contribution in [2.24, 2.45) is 0 Å². The highest BCUT2D eigenvalue weighted by molar-refractivity contribution is 5.64. The summed E-state index contributed by atoms with van der Waals surface area (Å²) in [6, 6.07) is 15.2. The highest BCUT2D eigenvalue weighted by Crippen LogP contribution is 2.44. The zero-order valence-electron chi connectivity index (χ0n) is 10.6. The van der Waals surface area contributed by atoms with Gasteiger partial charge in [-0.25, -0.2) is 0 Å². The molecular weight excluding hydrogens is 234 g/mol. The summed E-state index contributed by atoms with van der Waals surface area (Å²) in [7, 11) is 0. The first-order chi connectivity index (χ1) is 9.33. The Morgan fingerprint density at radius 3 is 2.79 bits per heavy atom. The molecule has 2 aromatic carbocycles. The van der Waals surface area contributed by atoms with E-state index in [9.17, 15) is 0 Å². The number of rotatable bonds is 1. The molecule has 0 amide bonds. The number of hydrogen-bond donors (Lipinski definition) is 1. The summed E-state index contributed by atoms with van der Waals surface area (Å²) in [4.78, 5) is 0. The highest BCUT2D eigenvalue weighted by Gasteiger charge is 2.38. The number of benzene rings is 2. The van der Waals surface area contributed by atoms with Gasteiger partial charge in [-0.15, -0.1) is 0 Å². The number of ether oxygens (including phenoxy) is 1. The first kappa shape index (κ1) is 10.7. The van der Waals surface area contributed by atoms with E-state index in [-0.39, 0.29) is 0 Å². The van der Waals surface area contributed by atoms with Crippen molar-refractivity contribution in [2.75, 3.05) is 5.32 Å². The van der Waals surface area contributed by atoms with E-state index in [1.54, 1.807) is 0 Å². The van der Waals surface area contributed by atoms with Crippen LogP contribution in [0.4, 0.5) is 5.69 Å². The number of nitrogens with one attached hydrogen (secondary N) is 1. The van der Waals surface area contributed by atoms with Gasteiger partial charge in [0.1, 0.15) is 11.5 Å². The smallest absolute Gasteiger partial charge is 0.134 e. The third-order valence-electron chi connectivity index (χ3n) is 3.91. The predicted octanol–water partition coefficient (Wildman–Crippen LogP) is 4.40. The SMILES string of the molecule is C=Cc1cc2ccc1Oc1ccc(cc1)C1CC1N2. The van der Waals surface area contributed by atoms with E-state index in [4.69, 9.17) is 4.74 Å². The lowest BCUT2D eigenvalue weighted by atomic mass is 10.1. The molecule has 2 nitrogen and oxygen atoms in total. The molecule has 1 fully saturated rings. The van der Waals surface area contributed by atoms with E-state index in [2.05, 4.69) is 36.2 Å². The van der Waals surface area contributed by atoms with Crippen LogP contribution in [0.2, 0.25) is 0 Å². The minimum atomic E-state index is 0.551. The first-order valence-electron chi connectivity index (χ1n) is 6.64. The van der Waals surface area contributed by atoms with Gasteiger partial charge in [-0.05, 0) is 42.3 Å². The molecule has 4 bridgehead atoms. The monoisotopic (exact) mass is 249 g/mol. The molecule has 94 valence electrons. The van der Waals surface area contributed by atoms with Crippen molar-refractivity contribution in [2.45, 2.75) is 18.4 Å². The summed E-state index contributed by atoms with van der Waals surface area (Å²) in [6.07, 6.45) is 3.04. The van der Waals surface area contributed by atoms with Crippen molar-refractivity contribution in [3.63, 3.8) is 0 Å². The van der Waals surface area contributed by atoms with Crippen LogP contribution in [0.25, 0.3) is 6.08 Å². The molecule has 1 N–H and O–H groups in total. The summed E-state index contributed by atoms with van der Waals surface area (Å²) < 4.78 is 5.93. The third-order valence-corrected chi connectivity index (χ3v) is 3.91. The van der Waals surface area contributed by atoms with Gasteiger partial charge in [0.2, 0.25) is 0 Å². The molecule has 4 heterocycles. The maximum atomic E-state index is 5.93. The van der Waals surface area contributed by atoms with Gasteiger partial charge in [-0.1, -0.05) is 24.8 Å². The molecule has 5 aliphatic rings. The molecule has 4 aliphatic heterocycles. The van der Waals surface area contributed by atoms with Crippen molar-refractivity contribution >= 4 is 11.8 Å². The fourth-order valence-electron chi connectivity index (χ4n) is 2.74. The molecule has 2 atom stereocenters. The van der Waals surface area contributed by atoms with Crippen LogP contribution in [0.1, 0.15) is 23.5 Å². The Labute approximate surface area is 112 Å². The third kappa shape index (κ3) is 1.80. The molecule has 7 rings (SSSR count). The second-order valence-electron chi connectivity index (χ2n) is 5.22. The van der Waals surface area contributed by atoms with Crippen LogP contribution in [-0.4, -0.2) is 6.04 Å². The minimum Gasteiger partial charge on any atom is -0.457 e. The highest BCUT2D eigenvalue weighted by atomic mass is 16.5. The second-order valence-corrected chi connectivity index (χ2v) is 5.22. The summed E-state index contributed by atoms with van der Waals surface area (Å²) in [5, 5.41) is 3.58. The van der Waals surface area contributed by atoms with Gasteiger partial charge in [0.05, 0.1) is 0 Å². The fraction of sp³-hybridized carbons (Fsp3) is 0.176. The van der Waals surface area contributed by atoms with E-state index in [0.29, 0.717) is 12.0 Å². The molecular formula is C17H15NO. The Morgan fingerprint density at radius 2 is 2.00 bits per heavy atom. The average molecular weight is 249 g/mol. The lowest BCUT2D eigenvalue weighted by molar-refractivity contribution is 0.481. The quantitative estimate of drug-likeness (QED) is 0.808. The molecule has 19 heavy (non-hydrogen) atoms. The second kappa shape index (κ2) is 3.89. The largest absolute Gasteiger partial charge is 0.457 e. The zero-order chi connectivity index (χ0) is 12.8. The Hall–Kier alpha value is -2.22. The van der Waals surface area contributed by atoms with Gasteiger partial charge in [0.25, 0.3) is 0 Å². The minimum absolute atomic E-state index is 0.551. The molecule has 0 aromatic heterocycles. The van der Waals surface area contributed by atoms with E-state index < -0.39 is 0 Å². The van der Waals surface area contributed by atoms with Crippen LogP contribution in [0.3, 0.4) is 0 Å². The predicted molar refractivity (Wildman–Crippen MR) is 77.8 cm³/mol. The number of hydrogen-bond acceptors (Lipinski definition) is 2. The Morgan fingerprint density at radius 1 is 1.16 bits per heavy atom. The van der Waals surface area contributed by atoms with Gasteiger partial charge < -0.3 is 10.1 Å². The Balaban J connectivity index is 1.86. The summed E-state index contributed by atoms with van der Waals surface area (Å²) in [6.45, 7) is 3.87. The lowest BCUT2D eigenvalue weighted by Crippen LogP contribution is -2.05. The maximum Gasteiger partial charge on any atom is 0.134 e. The first-order valence-corrected chi connectivity index (χ1v) is 6.64. The van der Waals surface area contributed by atoms with Crippen LogP contribution in [0, 0.1) is 0 Å². The molecule has 1 saturated carbocycles. The van der Waals surface area contributed by atoms with E-state index in [0.717, 1.165) is 22.7 Å². The molecule has 2 aromatic rings. The lowest BCUT2D eigenvalue weighted by Gasteiger charge is -2.14. The Bertz CT molecular complexity index is 645. The van der Waals surface area contributed by atoms with E-state index in [1.165, 1.54) is 12.0 Å². The molecule has 1 aliphatic carbocycles. The summed E-state index contributed by atoms with van der Waals surface area (Å²) >= 11 is 0. The topological polar surface area (TPSA) is 21.3 Å². The van der Waals surface area contributed by atoms with Crippen molar-refractivity contribution in [3.8, 4) is 11.5 Å². The van der Waals surface area contributed by atoms with Gasteiger partial charge in [0, 0.05) is 23.2 Å². The maximum absolute atomic E-state index is 5.93. The average Bonchev–Trinajstić information content (AvgIpc) is 3.18. The summed E-state index contributed by atoms with van der Waals surface area (Å²) in [5.41, 5.74) is 3.56. The molecule has 2 unspecified atom stereocenters. The molecule has 0 spiro atoms. The van der Waals surface area contributed by atoms with E-state index >= 15 is 0 Å². The standard InChI is InChI=1S/C17H15NO/c1-2-11-9-13-5-8-17(11)19-14-6-3-12(4-7-14)15-10-16(15)18-13/h2-9,15-16,18H,1,10H2. The van der Waals surface area contributed by atoms with Gasteiger partial charge in [-0.2, -0.15) is 0 Å². The fourth-order valence-corrected chi connectivity index (χ4v) is 2.74. The van der Waals surface area contributed by atoms with Crippen molar-refractivity contribution in [1.82, 2.24) is 0 Å². The van der Waals surface area contributed by atoms with Gasteiger partial charge in [0.15, 0.2) is 0 Å². The Kier molecular flexibility index (Phi) is 2.18. The van der Waals surface area contributed by atoms with Crippen LogP contribution < -0.4 is 10.1 Å². The number of anilines is 1. The molecule has 0 saturated heterocycles. The van der Waals surface area contributed by atoms with Crippen molar-refractivity contribution in [3.05, 3.63) is 60.2 Å². The van der Waals surface area contributed by atoms with Crippen LogP contribution >= 0.6 is 0 Å². The van der Waals surface area contributed by atoms with Crippen LogP contribution in [-0.2, 0) is 0 Å². The molecule has 2 heteroatoms. The molecule has 0 radical (unpaired) electrons. The van der Waals surface area contributed by atoms with Crippen molar-refractivity contribution in [1.29, 1.82) is 0 Å².